The van der Waals surface area contributed by atoms with E-state index >= 15 is 0 Å². The van der Waals surface area contributed by atoms with Crippen molar-refractivity contribution >= 4 is 22.9 Å². The normalized spacial score (nSPS) is 13.5. The molecule has 0 fully saturated rings. The van der Waals surface area contributed by atoms with Gasteiger partial charge >= 0.3 is 5.76 Å². The first-order chi connectivity index (χ1) is 12.1. The number of oxazole rings is 1. The van der Waals surface area contributed by atoms with Crippen molar-refractivity contribution in [3.8, 4) is 0 Å². The second kappa shape index (κ2) is 5.89. The van der Waals surface area contributed by atoms with E-state index in [2.05, 4.69) is 20.9 Å². The Morgan fingerprint density at radius 2 is 2.16 bits per heavy atom. The molecular weight excluding hydrogens is 328 g/mol. The zero-order valence-corrected chi connectivity index (χ0v) is 13.1. The van der Waals surface area contributed by atoms with E-state index in [1.165, 1.54) is 9.25 Å². The van der Waals surface area contributed by atoms with Crippen molar-refractivity contribution in [3.05, 3.63) is 46.2 Å². The molecule has 0 unspecified atom stereocenters. The Bertz CT molecular complexity index is 1030. The average Bonchev–Trinajstić information content (AvgIpc) is 3.14. The second-order valence-corrected chi connectivity index (χ2v) is 5.62. The number of hydrogen-bond acceptors (Lipinski definition) is 6. The molecule has 1 aliphatic heterocycles. The van der Waals surface area contributed by atoms with Gasteiger partial charge in [0.2, 0.25) is 11.8 Å². The van der Waals surface area contributed by atoms with Gasteiger partial charge in [-0.1, -0.05) is 17.3 Å². The van der Waals surface area contributed by atoms with Crippen LogP contribution in [0.2, 0.25) is 0 Å². The van der Waals surface area contributed by atoms with E-state index in [-0.39, 0.29) is 31.4 Å². The number of aromatic nitrogens is 4. The number of para-hydroxylation sites is 2. The van der Waals surface area contributed by atoms with E-state index in [1.807, 2.05) is 0 Å². The van der Waals surface area contributed by atoms with Gasteiger partial charge in [-0.15, -0.1) is 5.10 Å². The van der Waals surface area contributed by atoms with Crippen molar-refractivity contribution in [1.29, 1.82) is 0 Å². The minimum absolute atomic E-state index is 0.118. The maximum absolute atomic E-state index is 12.2. The number of carbonyl (C=O) groups is 2. The van der Waals surface area contributed by atoms with Crippen LogP contribution < -0.4 is 16.4 Å². The zero-order valence-electron chi connectivity index (χ0n) is 13.1. The highest BCUT2D eigenvalue weighted by atomic mass is 16.4. The molecule has 128 valence electrons. The molecular formula is C15H14N6O4. The lowest BCUT2D eigenvalue weighted by atomic mass is 10.2. The topological polar surface area (TPSA) is 124 Å². The van der Waals surface area contributed by atoms with Crippen molar-refractivity contribution in [1.82, 2.24) is 30.2 Å². The Balaban J connectivity index is 1.46. The van der Waals surface area contributed by atoms with E-state index in [9.17, 15) is 14.4 Å². The van der Waals surface area contributed by atoms with Gasteiger partial charge in [0.15, 0.2) is 5.58 Å². The Morgan fingerprint density at radius 1 is 1.32 bits per heavy atom. The van der Waals surface area contributed by atoms with E-state index < -0.39 is 5.76 Å². The smallest absolute Gasteiger partial charge is 0.408 e. The van der Waals surface area contributed by atoms with Crippen molar-refractivity contribution in [3.63, 3.8) is 0 Å². The zero-order chi connectivity index (χ0) is 17.4. The SMILES string of the molecule is O=C1Cn2nnc(CNC(=O)Cn3c(=O)oc4ccccc43)c2CN1. The number of nitrogens with zero attached hydrogens (tertiary/aromatic N) is 4. The molecule has 0 atom stereocenters. The Labute approximate surface area is 140 Å². The van der Waals surface area contributed by atoms with Gasteiger partial charge in [0.25, 0.3) is 0 Å². The second-order valence-electron chi connectivity index (χ2n) is 5.62. The number of amides is 2. The largest absolute Gasteiger partial charge is 0.420 e. The number of carbonyl (C=O) groups excluding carboxylic acids is 2. The van der Waals surface area contributed by atoms with Crippen molar-refractivity contribution in [2.24, 2.45) is 0 Å². The molecule has 25 heavy (non-hydrogen) atoms. The molecule has 3 aromatic rings. The molecule has 2 aromatic heterocycles. The number of fused-ring (bicyclic) bond motifs is 2. The maximum Gasteiger partial charge on any atom is 0.420 e. The molecule has 0 aliphatic carbocycles. The summed E-state index contributed by atoms with van der Waals surface area (Å²) in [6.45, 7) is 0.445. The van der Waals surface area contributed by atoms with Crippen LogP contribution in [0.4, 0.5) is 0 Å². The van der Waals surface area contributed by atoms with Crippen molar-refractivity contribution in [2.75, 3.05) is 0 Å². The lowest BCUT2D eigenvalue weighted by Gasteiger charge is -2.14. The lowest BCUT2D eigenvalue weighted by molar-refractivity contribution is -0.123. The lowest BCUT2D eigenvalue weighted by Crippen LogP contribution is -2.35. The van der Waals surface area contributed by atoms with Crippen molar-refractivity contribution in [2.45, 2.75) is 26.2 Å². The molecule has 10 heteroatoms. The van der Waals surface area contributed by atoms with Gasteiger partial charge in [-0.25, -0.2) is 9.48 Å². The van der Waals surface area contributed by atoms with Gasteiger partial charge in [-0.2, -0.15) is 0 Å². The highest BCUT2D eigenvalue weighted by Crippen LogP contribution is 2.12. The van der Waals surface area contributed by atoms with Crippen LogP contribution in [0.15, 0.2) is 33.5 Å². The molecule has 0 saturated heterocycles. The van der Waals surface area contributed by atoms with Gasteiger partial charge in [-0.05, 0) is 12.1 Å². The van der Waals surface area contributed by atoms with Gasteiger partial charge in [0.1, 0.15) is 18.8 Å². The summed E-state index contributed by atoms with van der Waals surface area (Å²) in [5, 5.41) is 13.3. The van der Waals surface area contributed by atoms with E-state index in [4.69, 9.17) is 4.42 Å². The molecule has 1 aliphatic rings. The Morgan fingerprint density at radius 3 is 3.04 bits per heavy atom. The molecule has 0 saturated carbocycles. The summed E-state index contributed by atoms with van der Waals surface area (Å²) in [7, 11) is 0. The summed E-state index contributed by atoms with van der Waals surface area (Å²) in [5.41, 5.74) is 2.33. The van der Waals surface area contributed by atoms with Gasteiger partial charge < -0.3 is 15.1 Å². The van der Waals surface area contributed by atoms with E-state index in [0.717, 1.165) is 5.69 Å². The van der Waals surface area contributed by atoms with Crippen LogP contribution in [0.25, 0.3) is 11.1 Å². The fourth-order valence-electron chi connectivity index (χ4n) is 2.75. The van der Waals surface area contributed by atoms with Crippen molar-refractivity contribution < 1.29 is 14.0 Å². The van der Waals surface area contributed by atoms with Crippen LogP contribution in [0, 0.1) is 0 Å². The molecule has 3 heterocycles. The van der Waals surface area contributed by atoms with Gasteiger partial charge in [0, 0.05) is 0 Å². The highest BCUT2D eigenvalue weighted by Gasteiger charge is 2.20. The third-order valence-electron chi connectivity index (χ3n) is 3.99. The molecule has 2 N–H and O–H groups in total. The summed E-state index contributed by atoms with van der Waals surface area (Å²) in [6.07, 6.45) is 0. The molecule has 0 radical (unpaired) electrons. The third kappa shape index (κ3) is 2.77. The predicted molar refractivity (Wildman–Crippen MR) is 84.2 cm³/mol. The fraction of sp³-hybridized carbons (Fsp3) is 0.267. The number of rotatable bonds is 4. The number of nitrogens with one attached hydrogen (secondary N) is 2. The maximum atomic E-state index is 12.2. The number of benzene rings is 1. The minimum Gasteiger partial charge on any atom is -0.408 e. The monoisotopic (exact) mass is 342 g/mol. The van der Waals surface area contributed by atoms with Crippen LogP contribution in [-0.2, 0) is 35.8 Å². The highest BCUT2D eigenvalue weighted by molar-refractivity contribution is 5.79. The predicted octanol–water partition coefficient (Wildman–Crippen LogP) is -0.868. The first-order valence-corrected chi connectivity index (χ1v) is 7.65. The van der Waals surface area contributed by atoms with Crippen LogP contribution in [0.5, 0.6) is 0 Å². The molecule has 0 bridgehead atoms. The van der Waals surface area contributed by atoms with E-state index in [1.54, 1.807) is 24.3 Å². The van der Waals surface area contributed by atoms with Crippen LogP contribution >= 0.6 is 0 Å². The summed E-state index contributed by atoms with van der Waals surface area (Å²) in [6, 6.07) is 6.90. The molecule has 10 nitrogen and oxygen atoms in total. The van der Waals surface area contributed by atoms with E-state index in [0.29, 0.717) is 23.3 Å². The minimum atomic E-state index is -0.583. The first-order valence-electron chi connectivity index (χ1n) is 7.65. The van der Waals surface area contributed by atoms with Crippen LogP contribution in [-0.4, -0.2) is 31.4 Å². The quantitative estimate of drug-likeness (QED) is 0.635. The molecule has 1 aromatic carbocycles. The third-order valence-corrected chi connectivity index (χ3v) is 3.99. The molecule has 0 spiro atoms. The Hall–Kier alpha value is -3.43. The average molecular weight is 342 g/mol. The summed E-state index contributed by atoms with van der Waals surface area (Å²) < 4.78 is 7.87. The fourth-order valence-corrected chi connectivity index (χ4v) is 2.75. The first kappa shape index (κ1) is 15.1. The van der Waals surface area contributed by atoms with Crippen LogP contribution in [0.1, 0.15) is 11.4 Å². The summed E-state index contributed by atoms with van der Waals surface area (Å²) in [5.74, 6) is -1.06. The molecule has 4 rings (SSSR count). The van der Waals surface area contributed by atoms with Gasteiger partial charge in [0.05, 0.1) is 24.3 Å². The summed E-state index contributed by atoms with van der Waals surface area (Å²) >= 11 is 0. The summed E-state index contributed by atoms with van der Waals surface area (Å²) in [4.78, 5) is 35.4. The van der Waals surface area contributed by atoms with Gasteiger partial charge in [-0.3, -0.25) is 14.2 Å². The molecule has 2 amide bonds. The number of hydrogen-bond donors (Lipinski definition) is 2. The standard InChI is InChI=1S/C15H14N6O4/c22-13(7-20-10-3-1-2-4-12(10)25-15(20)24)16-5-9-11-6-17-14(23)8-21(11)19-18-9/h1-4H,5-8H2,(H,16,22)(H,17,23). The van der Waals surface area contributed by atoms with Crippen LogP contribution in [0.3, 0.4) is 0 Å². The Kier molecular flexibility index (Phi) is 3.56.